The molecule has 2 aromatic heterocycles. The number of nitrogens with one attached hydrogen (secondary N) is 1. The molecule has 0 aliphatic carbocycles. The Morgan fingerprint density at radius 2 is 1.72 bits per heavy atom. The molecule has 124 valence electrons. The number of benzene rings is 2. The summed E-state index contributed by atoms with van der Waals surface area (Å²) in [5, 5.41) is 6.73. The van der Waals surface area contributed by atoms with Gasteiger partial charge < -0.3 is 5.32 Å². The Balaban J connectivity index is 1.87. The van der Waals surface area contributed by atoms with Crippen molar-refractivity contribution < 1.29 is 0 Å². The minimum absolute atomic E-state index is 0.854. The molecule has 0 amide bonds. The highest BCUT2D eigenvalue weighted by atomic mass is 32.1. The summed E-state index contributed by atoms with van der Waals surface area (Å²) in [7, 11) is 0. The standard InChI is InChI=1S/C21H19N3S/c1-13-5-4-6-16(10-13)24-20-19-18(11-25-21(19)23-12-22-20)17-8-7-14(2)9-15(17)3/h4-12H,1-3H3,(H,22,23,24). The lowest BCUT2D eigenvalue weighted by molar-refractivity contribution is 1.23. The summed E-state index contributed by atoms with van der Waals surface area (Å²) in [6.45, 7) is 6.37. The van der Waals surface area contributed by atoms with Crippen molar-refractivity contribution in [3.05, 3.63) is 70.9 Å². The van der Waals surface area contributed by atoms with Crippen LogP contribution in [0.4, 0.5) is 11.5 Å². The molecular formula is C21H19N3S. The second-order valence-electron chi connectivity index (χ2n) is 6.36. The van der Waals surface area contributed by atoms with Crippen molar-refractivity contribution in [1.29, 1.82) is 0 Å². The molecule has 1 N–H and O–H groups in total. The van der Waals surface area contributed by atoms with E-state index in [1.54, 1.807) is 17.7 Å². The third-order valence-corrected chi connectivity index (χ3v) is 5.21. The number of anilines is 2. The summed E-state index contributed by atoms with van der Waals surface area (Å²) in [5.41, 5.74) is 7.22. The summed E-state index contributed by atoms with van der Waals surface area (Å²) in [6, 6.07) is 14.9. The minimum Gasteiger partial charge on any atom is -0.340 e. The zero-order valence-corrected chi connectivity index (χ0v) is 15.3. The van der Waals surface area contributed by atoms with E-state index in [1.807, 2.05) is 0 Å². The number of hydrogen-bond donors (Lipinski definition) is 1. The van der Waals surface area contributed by atoms with Gasteiger partial charge in [0.15, 0.2) is 0 Å². The molecule has 4 heteroatoms. The predicted molar refractivity (Wildman–Crippen MR) is 107 cm³/mol. The Kier molecular flexibility index (Phi) is 3.98. The molecule has 0 spiro atoms. The predicted octanol–water partition coefficient (Wildman–Crippen LogP) is 6.03. The van der Waals surface area contributed by atoms with Crippen LogP contribution in [-0.2, 0) is 0 Å². The molecule has 0 aliphatic heterocycles. The van der Waals surface area contributed by atoms with Crippen LogP contribution in [0.25, 0.3) is 21.3 Å². The number of aromatic nitrogens is 2. The second kappa shape index (κ2) is 6.30. The van der Waals surface area contributed by atoms with Gasteiger partial charge in [-0.3, -0.25) is 0 Å². The first-order valence-corrected chi connectivity index (χ1v) is 9.13. The number of rotatable bonds is 3. The van der Waals surface area contributed by atoms with Crippen molar-refractivity contribution in [1.82, 2.24) is 9.97 Å². The van der Waals surface area contributed by atoms with E-state index in [-0.39, 0.29) is 0 Å². The summed E-state index contributed by atoms with van der Waals surface area (Å²) in [5.74, 6) is 0.854. The molecular weight excluding hydrogens is 326 g/mol. The fourth-order valence-electron chi connectivity index (χ4n) is 3.14. The Bertz CT molecular complexity index is 1070. The number of hydrogen-bond acceptors (Lipinski definition) is 4. The third-order valence-electron chi connectivity index (χ3n) is 4.32. The van der Waals surface area contributed by atoms with Crippen LogP contribution in [0.1, 0.15) is 16.7 Å². The number of nitrogens with zero attached hydrogens (tertiary/aromatic N) is 2. The van der Waals surface area contributed by atoms with Gasteiger partial charge in [0, 0.05) is 16.6 Å². The van der Waals surface area contributed by atoms with Crippen molar-refractivity contribution in [2.75, 3.05) is 5.32 Å². The van der Waals surface area contributed by atoms with E-state index in [4.69, 9.17) is 0 Å². The van der Waals surface area contributed by atoms with Crippen LogP contribution in [0.2, 0.25) is 0 Å². The summed E-state index contributed by atoms with van der Waals surface area (Å²) in [6.07, 6.45) is 1.63. The normalized spacial score (nSPS) is 11.0. The lowest BCUT2D eigenvalue weighted by atomic mass is 9.99. The van der Waals surface area contributed by atoms with Gasteiger partial charge in [-0.15, -0.1) is 11.3 Å². The SMILES string of the molecule is Cc1cccc(Nc2ncnc3scc(-c4ccc(C)cc4C)c23)c1. The first-order valence-electron chi connectivity index (χ1n) is 8.25. The van der Waals surface area contributed by atoms with Gasteiger partial charge >= 0.3 is 0 Å². The van der Waals surface area contributed by atoms with Gasteiger partial charge in [0.25, 0.3) is 0 Å². The zero-order chi connectivity index (χ0) is 17.4. The van der Waals surface area contributed by atoms with Gasteiger partial charge in [-0.1, -0.05) is 35.9 Å². The lowest BCUT2D eigenvalue weighted by Gasteiger charge is -2.10. The summed E-state index contributed by atoms with van der Waals surface area (Å²) >= 11 is 1.66. The molecule has 0 bridgehead atoms. The maximum absolute atomic E-state index is 4.52. The van der Waals surface area contributed by atoms with E-state index in [9.17, 15) is 0 Å². The average Bonchev–Trinajstić information content (AvgIpc) is 3.00. The number of thiophene rings is 1. The molecule has 0 saturated carbocycles. The highest BCUT2D eigenvalue weighted by Crippen LogP contribution is 2.38. The summed E-state index contributed by atoms with van der Waals surface area (Å²) in [4.78, 5) is 9.98. The molecule has 25 heavy (non-hydrogen) atoms. The smallest absolute Gasteiger partial charge is 0.143 e. The Labute approximate surface area is 151 Å². The van der Waals surface area contributed by atoms with Crippen molar-refractivity contribution in [2.24, 2.45) is 0 Å². The largest absolute Gasteiger partial charge is 0.340 e. The highest BCUT2D eigenvalue weighted by molar-refractivity contribution is 7.17. The molecule has 0 radical (unpaired) electrons. The van der Waals surface area contributed by atoms with E-state index < -0.39 is 0 Å². The maximum atomic E-state index is 4.52. The molecule has 0 unspecified atom stereocenters. The van der Waals surface area contributed by atoms with Gasteiger partial charge in [-0.25, -0.2) is 9.97 Å². The monoisotopic (exact) mass is 345 g/mol. The zero-order valence-electron chi connectivity index (χ0n) is 14.5. The van der Waals surface area contributed by atoms with Crippen molar-refractivity contribution in [2.45, 2.75) is 20.8 Å². The van der Waals surface area contributed by atoms with Gasteiger partial charge in [0.05, 0.1) is 5.39 Å². The molecule has 0 fully saturated rings. The van der Waals surface area contributed by atoms with E-state index in [0.717, 1.165) is 21.7 Å². The van der Waals surface area contributed by atoms with E-state index in [1.165, 1.54) is 27.8 Å². The Morgan fingerprint density at radius 3 is 2.52 bits per heavy atom. The Hall–Kier alpha value is -2.72. The topological polar surface area (TPSA) is 37.8 Å². The van der Waals surface area contributed by atoms with Crippen LogP contribution in [0.3, 0.4) is 0 Å². The molecule has 0 saturated heterocycles. The first-order chi connectivity index (χ1) is 12.1. The van der Waals surface area contributed by atoms with Crippen LogP contribution >= 0.6 is 11.3 Å². The summed E-state index contributed by atoms with van der Waals surface area (Å²) < 4.78 is 0. The fourth-order valence-corrected chi connectivity index (χ4v) is 4.05. The maximum Gasteiger partial charge on any atom is 0.143 e. The molecule has 4 rings (SSSR count). The number of fused-ring (bicyclic) bond motifs is 1. The van der Waals surface area contributed by atoms with Crippen LogP contribution in [0.5, 0.6) is 0 Å². The van der Waals surface area contributed by atoms with Gasteiger partial charge in [-0.2, -0.15) is 0 Å². The molecule has 3 nitrogen and oxygen atoms in total. The molecule has 0 atom stereocenters. The molecule has 2 aromatic carbocycles. The van der Waals surface area contributed by atoms with Crippen LogP contribution in [-0.4, -0.2) is 9.97 Å². The van der Waals surface area contributed by atoms with Crippen molar-refractivity contribution >= 4 is 33.1 Å². The first kappa shape index (κ1) is 15.8. The minimum atomic E-state index is 0.854. The van der Waals surface area contributed by atoms with E-state index in [2.05, 4.69) is 83.9 Å². The molecule has 4 aromatic rings. The van der Waals surface area contributed by atoms with Gasteiger partial charge in [-0.05, 0) is 49.6 Å². The Morgan fingerprint density at radius 1 is 0.880 bits per heavy atom. The highest BCUT2D eigenvalue weighted by Gasteiger charge is 2.14. The van der Waals surface area contributed by atoms with Gasteiger partial charge in [0.2, 0.25) is 0 Å². The average molecular weight is 345 g/mol. The fraction of sp³-hybridized carbons (Fsp3) is 0.143. The van der Waals surface area contributed by atoms with Crippen molar-refractivity contribution in [3.63, 3.8) is 0 Å². The van der Waals surface area contributed by atoms with Crippen LogP contribution in [0, 0.1) is 20.8 Å². The second-order valence-corrected chi connectivity index (χ2v) is 7.22. The van der Waals surface area contributed by atoms with E-state index in [0.29, 0.717) is 0 Å². The third kappa shape index (κ3) is 3.01. The molecule has 2 heterocycles. The molecule has 0 aliphatic rings. The van der Waals surface area contributed by atoms with Gasteiger partial charge in [0.1, 0.15) is 17.0 Å². The van der Waals surface area contributed by atoms with Crippen LogP contribution < -0.4 is 5.32 Å². The quantitative estimate of drug-likeness (QED) is 0.493. The number of aryl methyl sites for hydroxylation is 3. The van der Waals surface area contributed by atoms with Crippen molar-refractivity contribution in [3.8, 4) is 11.1 Å². The van der Waals surface area contributed by atoms with Crippen LogP contribution in [0.15, 0.2) is 54.2 Å². The lowest BCUT2D eigenvalue weighted by Crippen LogP contribution is -1.96. The van der Waals surface area contributed by atoms with E-state index >= 15 is 0 Å².